The Bertz CT molecular complexity index is 1010. The highest BCUT2D eigenvalue weighted by atomic mass is 32.1. The zero-order chi connectivity index (χ0) is 17.2. The van der Waals surface area contributed by atoms with Gasteiger partial charge in [0.05, 0.1) is 12.3 Å². The Balaban J connectivity index is 1.68. The van der Waals surface area contributed by atoms with Crippen LogP contribution in [0.2, 0.25) is 0 Å². The van der Waals surface area contributed by atoms with E-state index in [1.165, 1.54) is 11.9 Å². The fourth-order valence-electron chi connectivity index (χ4n) is 2.51. The topological polar surface area (TPSA) is 88.6 Å². The summed E-state index contributed by atoms with van der Waals surface area (Å²) in [5, 5.41) is 13.2. The molecule has 0 spiro atoms. The highest BCUT2D eigenvalue weighted by Crippen LogP contribution is 2.32. The first-order chi connectivity index (χ1) is 12.2. The van der Waals surface area contributed by atoms with Crippen LogP contribution in [0.3, 0.4) is 0 Å². The number of benzene rings is 1. The number of aromatic nitrogens is 5. The van der Waals surface area contributed by atoms with Crippen molar-refractivity contribution in [1.29, 1.82) is 0 Å². The molecule has 0 fully saturated rings. The third-order valence-electron chi connectivity index (χ3n) is 3.74. The van der Waals surface area contributed by atoms with Gasteiger partial charge in [0.25, 0.3) is 0 Å². The molecule has 4 aromatic rings. The summed E-state index contributed by atoms with van der Waals surface area (Å²) in [6.45, 7) is 4.56. The predicted octanol–water partition coefficient (Wildman–Crippen LogP) is 3.93. The van der Waals surface area contributed by atoms with Crippen LogP contribution in [-0.2, 0) is 0 Å². The first kappa shape index (κ1) is 15.5. The predicted molar refractivity (Wildman–Crippen MR) is 98.4 cm³/mol. The molecule has 126 valence electrons. The lowest BCUT2D eigenvalue weighted by molar-refractivity contribution is 0.342. The van der Waals surface area contributed by atoms with Crippen molar-refractivity contribution in [2.45, 2.75) is 13.8 Å². The molecule has 0 saturated carbocycles. The van der Waals surface area contributed by atoms with Crippen LogP contribution in [0.4, 0.5) is 11.6 Å². The van der Waals surface area contributed by atoms with E-state index in [1.807, 2.05) is 31.3 Å². The minimum absolute atomic E-state index is 0.544. The van der Waals surface area contributed by atoms with Crippen LogP contribution in [0.25, 0.3) is 21.6 Å². The molecule has 2 N–H and O–H groups in total. The van der Waals surface area contributed by atoms with Gasteiger partial charge in [-0.15, -0.1) is 11.3 Å². The maximum Gasteiger partial charge on any atom is 0.228 e. The van der Waals surface area contributed by atoms with Gasteiger partial charge in [-0.2, -0.15) is 5.10 Å². The molecule has 0 atom stereocenters. The van der Waals surface area contributed by atoms with Gasteiger partial charge >= 0.3 is 0 Å². The van der Waals surface area contributed by atoms with Crippen molar-refractivity contribution in [2.24, 2.45) is 0 Å². The van der Waals surface area contributed by atoms with E-state index in [1.54, 1.807) is 11.3 Å². The summed E-state index contributed by atoms with van der Waals surface area (Å²) in [5.41, 5.74) is 2.90. The number of anilines is 2. The number of hydrogen-bond acceptors (Lipinski definition) is 7. The number of ether oxygens (including phenoxy) is 1. The summed E-state index contributed by atoms with van der Waals surface area (Å²) in [6, 6.07) is 5.79. The Morgan fingerprint density at radius 3 is 3.00 bits per heavy atom. The molecule has 0 amide bonds. The lowest BCUT2D eigenvalue weighted by Crippen LogP contribution is -2.01. The summed E-state index contributed by atoms with van der Waals surface area (Å²) >= 11 is 1.61. The van der Waals surface area contributed by atoms with Gasteiger partial charge < -0.3 is 10.1 Å². The SMILES string of the molecule is CCOc1cc(-c2ncn[nH]2)ccc1Nc1ncc2c(C)csc2n1. The molecule has 0 saturated heterocycles. The molecular weight excluding hydrogens is 336 g/mol. The minimum atomic E-state index is 0.544. The molecule has 0 radical (unpaired) electrons. The van der Waals surface area contributed by atoms with Gasteiger partial charge in [-0.3, -0.25) is 5.10 Å². The van der Waals surface area contributed by atoms with E-state index in [4.69, 9.17) is 4.74 Å². The van der Waals surface area contributed by atoms with Crippen LogP contribution in [-0.4, -0.2) is 31.8 Å². The standard InChI is InChI=1S/C17H16N6OS/c1-3-24-14-6-11(15-19-9-20-23-15)4-5-13(14)21-17-18-7-12-10(2)8-25-16(12)22-17/h4-9H,3H2,1-2H3,(H,18,21,22)(H,19,20,23). The lowest BCUT2D eigenvalue weighted by atomic mass is 10.2. The fraction of sp³-hybridized carbons (Fsp3) is 0.176. The highest BCUT2D eigenvalue weighted by Gasteiger charge is 2.11. The molecule has 1 aromatic carbocycles. The van der Waals surface area contributed by atoms with Gasteiger partial charge in [-0.1, -0.05) is 0 Å². The Kier molecular flexibility index (Phi) is 4.02. The number of nitrogens with zero attached hydrogens (tertiary/aromatic N) is 4. The van der Waals surface area contributed by atoms with E-state index in [2.05, 4.69) is 42.8 Å². The molecule has 8 heteroatoms. The first-order valence-electron chi connectivity index (χ1n) is 7.85. The van der Waals surface area contributed by atoms with E-state index in [0.717, 1.165) is 21.5 Å². The van der Waals surface area contributed by atoms with E-state index < -0.39 is 0 Å². The van der Waals surface area contributed by atoms with Crippen molar-refractivity contribution < 1.29 is 4.74 Å². The Hall–Kier alpha value is -3.00. The fourth-order valence-corrected chi connectivity index (χ4v) is 3.40. The van der Waals surface area contributed by atoms with Crippen LogP contribution in [0, 0.1) is 6.92 Å². The van der Waals surface area contributed by atoms with Crippen molar-refractivity contribution in [3.05, 3.63) is 41.7 Å². The average Bonchev–Trinajstić information content (AvgIpc) is 3.27. The second kappa shape index (κ2) is 6.48. The van der Waals surface area contributed by atoms with Crippen LogP contribution < -0.4 is 10.1 Å². The van der Waals surface area contributed by atoms with E-state index >= 15 is 0 Å². The Morgan fingerprint density at radius 2 is 2.20 bits per heavy atom. The average molecular weight is 352 g/mol. The number of fused-ring (bicyclic) bond motifs is 1. The molecular formula is C17H16N6OS. The van der Waals surface area contributed by atoms with Gasteiger partial charge in [0.1, 0.15) is 16.9 Å². The van der Waals surface area contributed by atoms with Crippen molar-refractivity contribution >= 4 is 33.2 Å². The summed E-state index contributed by atoms with van der Waals surface area (Å²) < 4.78 is 5.76. The lowest BCUT2D eigenvalue weighted by Gasteiger charge is -2.12. The summed E-state index contributed by atoms with van der Waals surface area (Å²) in [4.78, 5) is 14.1. The van der Waals surface area contributed by atoms with Gasteiger partial charge in [0, 0.05) is 17.1 Å². The molecule has 0 aliphatic rings. The molecule has 3 heterocycles. The Morgan fingerprint density at radius 1 is 1.28 bits per heavy atom. The van der Waals surface area contributed by atoms with Crippen LogP contribution >= 0.6 is 11.3 Å². The molecule has 7 nitrogen and oxygen atoms in total. The van der Waals surface area contributed by atoms with Crippen LogP contribution in [0.5, 0.6) is 5.75 Å². The summed E-state index contributed by atoms with van der Waals surface area (Å²) in [5.74, 6) is 1.95. The first-order valence-corrected chi connectivity index (χ1v) is 8.73. The van der Waals surface area contributed by atoms with E-state index in [0.29, 0.717) is 24.1 Å². The van der Waals surface area contributed by atoms with Gasteiger partial charge in [-0.05, 0) is 43.0 Å². The number of thiophene rings is 1. The van der Waals surface area contributed by atoms with E-state index in [9.17, 15) is 0 Å². The molecule has 0 aliphatic heterocycles. The normalized spacial score (nSPS) is 11.0. The molecule has 4 rings (SSSR count). The quantitative estimate of drug-likeness (QED) is 0.566. The maximum absolute atomic E-state index is 5.76. The third kappa shape index (κ3) is 3.03. The number of aryl methyl sites for hydroxylation is 1. The molecule has 0 aliphatic carbocycles. The maximum atomic E-state index is 5.76. The Labute approximate surface area is 148 Å². The third-order valence-corrected chi connectivity index (χ3v) is 4.75. The number of rotatable bonds is 5. The van der Waals surface area contributed by atoms with Crippen molar-refractivity contribution in [1.82, 2.24) is 25.1 Å². The molecule has 0 bridgehead atoms. The summed E-state index contributed by atoms with van der Waals surface area (Å²) in [6.07, 6.45) is 3.33. The summed E-state index contributed by atoms with van der Waals surface area (Å²) in [7, 11) is 0. The highest BCUT2D eigenvalue weighted by molar-refractivity contribution is 7.16. The number of hydrogen-bond donors (Lipinski definition) is 2. The smallest absolute Gasteiger partial charge is 0.228 e. The van der Waals surface area contributed by atoms with Crippen LogP contribution in [0.15, 0.2) is 36.1 Å². The van der Waals surface area contributed by atoms with Crippen molar-refractivity contribution in [3.8, 4) is 17.1 Å². The number of nitrogens with one attached hydrogen (secondary N) is 2. The van der Waals surface area contributed by atoms with Gasteiger partial charge in [0.15, 0.2) is 5.82 Å². The number of aromatic amines is 1. The van der Waals surface area contributed by atoms with Gasteiger partial charge in [0.2, 0.25) is 5.95 Å². The largest absolute Gasteiger partial charge is 0.492 e. The zero-order valence-electron chi connectivity index (χ0n) is 13.8. The monoisotopic (exact) mass is 352 g/mol. The number of H-pyrrole nitrogens is 1. The zero-order valence-corrected chi connectivity index (χ0v) is 14.6. The van der Waals surface area contributed by atoms with Gasteiger partial charge in [-0.25, -0.2) is 15.0 Å². The van der Waals surface area contributed by atoms with E-state index in [-0.39, 0.29) is 0 Å². The van der Waals surface area contributed by atoms with Crippen molar-refractivity contribution in [2.75, 3.05) is 11.9 Å². The molecule has 25 heavy (non-hydrogen) atoms. The van der Waals surface area contributed by atoms with Crippen LogP contribution in [0.1, 0.15) is 12.5 Å². The molecule has 0 unspecified atom stereocenters. The second-order valence-electron chi connectivity index (χ2n) is 5.43. The molecule has 3 aromatic heterocycles. The second-order valence-corrected chi connectivity index (χ2v) is 6.29. The minimum Gasteiger partial charge on any atom is -0.492 e. The van der Waals surface area contributed by atoms with Crippen molar-refractivity contribution in [3.63, 3.8) is 0 Å².